The van der Waals surface area contributed by atoms with Crippen LogP contribution in [0.3, 0.4) is 0 Å². The monoisotopic (exact) mass is 332 g/mol. The molecule has 0 aromatic carbocycles. The molecule has 4 heterocycles. The average Bonchev–Trinajstić information content (AvgIpc) is 3.26. The summed E-state index contributed by atoms with van der Waals surface area (Å²) < 4.78 is 1.98. The molecule has 4 atom stereocenters. The van der Waals surface area contributed by atoms with Crippen LogP contribution < -0.4 is 5.32 Å². The highest BCUT2D eigenvalue weighted by Gasteiger charge is 2.44. The highest BCUT2D eigenvalue weighted by molar-refractivity contribution is 5.80. The Balaban J connectivity index is 1.35. The van der Waals surface area contributed by atoms with Gasteiger partial charge in [0.25, 0.3) is 0 Å². The lowest BCUT2D eigenvalue weighted by Gasteiger charge is -2.49. The molecule has 1 amide bonds. The lowest BCUT2D eigenvalue weighted by molar-refractivity contribution is -0.133. The van der Waals surface area contributed by atoms with E-state index in [-0.39, 0.29) is 5.92 Å². The molecule has 0 spiro atoms. The molecule has 1 aromatic rings. The molecule has 2 bridgehead atoms. The van der Waals surface area contributed by atoms with Crippen molar-refractivity contribution in [2.75, 3.05) is 27.2 Å². The van der Waals surface area contributed by atoms with Crippen LogP contribution in [0, 0.1) is 11.8 Å². The first-order valence-corrected chi connectivity index (χ1v) is 9.16. The van der Waals surface area contributed by atoms with Gasteiger partial charge in [-0.3, -0.25) is 14.4 Å². The molecule has 3 saturated heterocycles. The molecule has 3 aliphatic heterocycles. The van der Waals surface area contributed by atoms with E-state index in [1.165, 1.54) is 0 Å². The van der Waals surface area contributed by atoms with E-state index in [0.29, 0.717) is 23.9 Å². The van der Waals surface area contributed by atoms with Gasteiger partial charge in [-0.1, -0.05) is 5.21 Å². The molecule has 4 unspecified atom stereocenters. The van der Waals surface area contributed by atoms with Gasteiger partial charge < -0.3 is 10.2 Å². The van der Waals surface area contributed by atoms with Crippen LogP contribution >= 0.6 is 0 Å². The second-order valence-electron chi connectivity index (χ2n) is 7.99. The Hall–Kier alpha value is -1.47. The molecular formula is C17H28N6O. The van der Waals surface area contributed by atoms with Crippen molar-refractivity contribution in [1.82, 2.24) is 30.1 Å². The first-order valence-electron chi connectivity index (χ1n) is 9.16. The third kappa shape index (κ3) is 3.47. The first-order chi connectivity index (χ1) is 11.6. The predicted molar refractivity (Wildman–Crippen MR) is 90.2 cm³/mol. The number of fused-ring (bicyclic) bond motifs is 3. The van der Waals surface area contributed by atoms with E-state index in [9.17, 15) is 4.79 Å². The Morgan fingerprint density at radius 2 is 2.21 bits per heavy atom. The Labute approximate surface area is 143 Å². The van der Waals surface area contributed by atoms with Crippen molar-refractivity contribution in [3.05, 3.63) is 11.9 Å². The zero-order valence-corrected chi connectivity index (χ0v) is 14.7. The molecule has 0 radical (unpaired) electrons. The molecule has 1 saturated carbocycles. The van der Waals surface area contributed by atoms with Crippen molar-refractivity contribution >= 4 is 5.91 Å². The average molecular weight is 332 g/mol. The van der Waals surface area contributed by atoms with Crippen molar-refractivity contribution in [3.8, 4) is 0 Å². The summed E-state index contributed by atoms with van der Waals surface area (Å²) in [5.41, 5.74) is 1.01. The van der Waals surface area contributed by atoms with Gasteiger partial charge in [0.05, 0.1) is 18.2 Å². The number of nitrogens with one attached hydrogen (secondary N) is 1. The minimum atomic E-state index is 0.190. The normalized spacial score (nSPS) is 32.3. The second kappa shape index (κ2) is 6.44. The molecule has 7 nitrogen and oxygen atoms in total. The maximum atomic E-state index is 12.4. The molecule has 5 rings (SSSR count). The second-order valence-corrected chi connectivity index (χ2v) is 7.99. The SMILES string of the molecule is CN(C)Cc1cn(CC2CC3CCN2CC3C(=O)NC2CC2)nn1. The minimum absolute atomic E-state index is 0.190. The number of aromatic nitrogens is 3. The molecule has 132 valence electrons. The number of carbonyl (C=O) groups excluding carboxylic acids is 1. The lowest BCUT2D eigenvalue weighted by atomic mass is 9.75. The number of amides is 1. The highest BCUT2D eigenvalue weighted by atomic mass is 16.2. The van der Waals surface area contributed by atoms with Crippen LogP contribution in [0.15, 0.2) is 6.20 Å². The quantitative estimate of drug-likeness (QED) is 0.813. The first kappa shape index (κ1) is 16.0. The standard InChI is InChI=1S/C17H28N6O/c1-21(2)8-14-9-23(20-19-14)10-15-7-12-5-6-22(15)11-16(12)17(24)18-13-3-4-13/h9,12-13,15-16H,3-8,10-11H2,1-2H3,(H,18,24). The van der Waals surface area contributed by atoms with E-state index in [1.54, 1.807) is 0 Å². The Morgan fingerprint density at radius 1 is 1.38 bits per heavy atom. The largest absolute Gasteiger partial charge is 0.353 e. The van der Waals surface area contributed by atoms with Crippen molar-refractivity contribution < 1.29 is 4.79 Å². The number of hydrogen-bond acceptors (Lipinski definition) is 5. The molecule has 1 aromatic heterocycles. The molecule has 4 fully saturated rings. The minimum Gasteiger partial charge on any atom is -0.353 e. The number of piperidine rings is 3. The van der Waals surface area contributed by atoms with Crippen molar-refractivity contribution in [1.29, 1.82) is 0 Å². The molecular weight excluding hydrogens is 304 g/mol. The third-order valence-electron chi connectivity index (χ3n) is 5.60. The van der Waals surface area contributed by atoms with Gasteiger partial charge in [0.2, 0.25) is 5.91 Å². The van der Waals surface area contributed by atoms with Gasteiger partial charge >= 0.3 is 0 Å². The van der Waals surface area contributed by atoms with Crippen molar-refractivity contribution in [3.63, 3.8) is 0 Å². The lowest BCUT2D eigenvalue weighted by Crippen LogP contribution is -2.58. The maximum absolute atomic E-state index is 12.4. The van der Waals surface area contributed by atoms with Gasteiger partial charge in [-0.15, -0.1) is 5.10 Å². The van der Waals surface area contributed by atoms with Crippen LogP contribution in [-0.4, -0.2) is 70.0 Å². The fourth-order valence-electron chi connectivity index (χ4n) is 4.20. The molecule has 1 aliphatic carbocycles. The number of rotatable bonds is 6. The maximum Gasteiger partial charge on any atom is 0.224 e. The van der Waals surface area contributed by atoms with E-state index in [0.717, 1.165) is 57.6 Å². The van der Waals surface area contributed by atoms with Gasteiger partial charge in [-0.2, -0.15) is 0 Å². The molecule has 4 aliphatic rings. The highest BCUT2D eigenvalue weighted by Crippen LogP contribution is 2.37. The summed E-state index contributed by atoms with van der Waals surface area (Å²) in [7, 11) is 4.08. The summed E-state index contributed by atoms with van der Waals surface area (Å²) in [6.07, 6.45) is 6.64. The summed E-state index contributed by atoms with van der Waals surface area (Å²) in [5, 5.41) is 11.7. The van der Waals surface area contributed by atoms with Crippen molar-refractivity contribution in [2.45, 2.75) is 50.9 Å². The fourth-order valence-corrected chi connectivity index (χ4v) is 4.20. The fraction of sp³-hybridized carbons (Fsp3) is 0.824. The smallest absolute Gasteiger partial charge is 0.224 e. The van der Waals surface area contributed by atoms with Crippen LogP contribution in [0.1, 0.15) is 31.4 Å². The van der Waals surface area contributed by atoms with Crippen molar-refractivity contribution in [2.24, 2.45) is 11.8 Å². The zero-order valence-electron chi connectivity index (χ0n) is 14.7. The zero-order chi connectivity index (χ0) is 16.7. The van der Waals surface area contributed by atoms with E-state index in [2.05, 4.69) is 31.6 Å². The topological polar surface area (TPSA) is 66.3 Å². The summed E-state index contributed by atoms with van der Waals surface area (Å²) in [6, 6.07) is 0.955. The van der Waals surface area contributed by atoms with Crippen LogP contribution in [0.2, 0.25) is 0 Å². The Morgan fingerprint density at radius 3 is 2.88 bits per heavy atom. The van der Waals surface area contributed by atoms with Gasteiger partial charge in [-0.05, 0) is 52.2 Å². The van der Waals surface area contributed by atoms with Crippen LogP contribution in [0.25, 0.3) is 0 Å². The summed E-state index contributed by atoms with van der Waals surface area (Å²) in [6.45, 7) is 3.73. The number of hydrogen-bond donors (Lipinski definition) is 1. The number of carbonyl (C=O) groups is 1. The summed E-state index contributed by atoms with van der Waals surface area (Å²) in [4.78, 5) is 17.0. The Kier molecular flexibility index (Phi) is 4.30. The number of nitrogens with zero attached hydrogens (tertiary/aromatic N) is 5. The predicted octanol–water partition coefficient (Wildman–Crippen LogP) is 0.329. The van der Waals surface area contributed by atoms with Crippen LogP contribution in [0.4, 0.5) is 0 Å². The molecule has 7 heteroatoms. The van der Waals surface area contributed by atoms with Crippen LogP contribution in [-0.2, 0) is 17.9 Å². The Bertz CT molecular complexity index is 596. The molecule has 1 N–H and O–H groups in total. The van der Waals surface area contributed by atoms with E-state index < -0.39 is 0 Å². The van der Waals surface area contributed by atoms with Crippen LogP contribution in [0.5, 0.6) is 0 Å². The van der Waals surface area contributed by atoms with E-state index in [1.807, 2.05) is 18.8 Å². The van der Waals surface area contributed by atoms with Gasteiger partial charge in [0.15, 0.2) is 0 Å². The van der Waals surface area contributed by atoms with E-state index >= 15 is 0 Å². The summed E-state index contributed by atoms with van der Waals surface area (Å²) in [5.74, 6) is 1.01. The van der Waals surface area contributed by atoms with Gasteiger partial charge in [-0.25, -0.2) is 0 Å². The van der Waals surface area contributed by atoms with Gasteiger partial charge in [0, 0.05) is 31.4 Å². The van der Waals surface area contributed by atoms with Gasteiger partial charge in [0.1, 0.15) is 0 Å². The molecule has 24 heavy (non-hydrogen) atoms. The summed E-state index contributed by atoms with van der Waals surface area (Å²) >= 11 is 0. The third-order valence-corrected chi connectivity index (χ3v) is 5.60. The van der Waals surface area contributed by atoms with E-state index in [4.69, 9.17) is 0 Å².